The summed E-state index contributed by atoms with van der Waals surface area (Å²) < 4.78 is 5.69. The maximum absolute atomic E-state index is 5.69. The molecule has 0 saturated carbocycles. The first kappa shape index (κ1) is 8.82. The van der Waals surface area contributed by atoms with Gasteiger partial charge in [-0.3, -0.25) is 0 Å². The van der Waals surface area contributed by atoms with E-state index in [4.69, 9.17) is 4.42 Å². The topological polar surface area (TPSA) is 13.1 Å². The first-order valence-electron chi connectivity index (χ1n) is 5.71. The summed E-state index contributed by atoms with van der Waals surface area (Å²) in [5, 5.41) is 6.15. The monoisotopic (exact) mass is 218 g/mol. The molecule has 4 rings (SSSR count). The van der Waals surface area contributed by atoms with Crippen LogP contribution in [0.4, 0.5) is 0 Å². The van der Waals surface area contributed by atoms with Gasteiger partial charge in [0.05, 0.1) is 6.26 Å². The predicted octanol–water partition coefficient (Wildman–Crippen LogP) is 4.74. The number of benzene rings is 2. The predicted molar refractivity (Wildman–Crippen MR) is 71.2 cm³/mol. The molecule has 0 N–H and O–H groups in total. The summed E-state index contributed by atoms with van der Waals surface area (Å²) in [4.78, 5) is 0. The average Bonchev–Trinajstić information content (AvgIpc) is 2.77. The Morgan fingerprint density at radius 1 is 0.706 bits per heavy atom. The van der Waals surface area contributed by atoms with Crippen LogP contribution >= 0.6 is 0 Å². The van der Waals surface area contributed by atoms with Crippen LogP contribution in [0.2, 0.25) is 0 Å². The van der Waals surface area contributed by atoms with Crippen molar-refractivity contribution in [1.29, 1.82) is 0 Å². The first-order chi connectivity index (χ1) is 8.43. The molecule has 0 bridgehead atoms. The molecule has 1 heteroatoms. The molecule has 0 unspecified atom stereocenters. The molecular formula is C16H10O. The fourth-order valence-corrected chi connectivity index (χ4v) is 2.54. The molecule has 0 spiro atoms. The summed E-state index contributed by atoms with van der Waals surface area (Å²) in [5.74, 6) is 0. The molecule has 0 atom stereocenters. The van der Waals surface area contributed by atoms with Gasteiger partial charge in [-0.25, -0.2) is 0 Å². The highest BCUT2D eigenvalue weighted by atomic mass is 16.3. The Labute approximate surface area is 98.3 Å². The van der Waals surface area contributed by atoms with Crippen LogP contribution < -0.4 is 0 Å². The van der Waals surface area contributed by atoms with Gasteiger partial charge in [0.15, 0.2) is 0 Å². The molecular weight excluding hydrogens is 208 g/mol. The Morgan fingerprint density at radius 2 is 1.53 bits per heavy atom. The molecule has 4 aromatic rings. The van der Waals surface area contributed by atoms with Crippen LogP contribution in [-0.2, 0) is 0 Å². The Hall–Kier alpha value is -2.28. The highest BCUT2D eigenvalue weighted by Crippen LogP contribution is 2.33. The summed E-state index contributed by atoms with van der Waals surface area (Å²) in [6.45, 7) is 0. The van der Waals surface area contributed by atoms with Crippen LogP contribution in [0.5, 0.6) is 0 Å². The highest BCUT2D eigenvalue weighted by molar-refractivity contribution is 6.21. The third kappa shape index (κ3) is 1.14. The van der Waals surface area contributed by atoms with Gasteiger partial charge in [0.25, 0.3) is 0 Å². The number of hydrogen-bond donors (Lipinski definition) is 0. The number of hydrogen-bond acceptors (Lipinski definition) is 1. The van der Waals surface area contributed by atoms with Gasteiger partial charge >= 0.3 is 0 Å². The summed E-state index contributed by atoms with van der Waals surface area (Å²) in [6, 6.07) is 18.9. The molecule has 80 valence electrons. The quantitative estimate of drug-likeness (QED) is 0.415. The Bertz CT molecular complexity index is 834. The molecule has 0 radical (unpaired) electrons. The van der Waals surface area contributed by atoms with Gasteiger partial charge in [-0.15, -0.1) is 0 Å². The van der Waals surface area contributed by atoms with E-state index in [0.29, 0.717) is 0 Å². The van der Waals surface area contributed by atoms with E-state index in [1.807, 2.05) is 6.07 Å². The number of fused-ring (bicyclic) bond motifs is 5. The van der Waals surface area contributed by atoms with Crippen LogP contribution in [0.25, 0.3) is 32.5 Å². The van der Waals surface area contributed by atoms with Gasteiger partial charge < -0.3 is 4.42 Å². The molecule has 0 amide bonds. The molecule has 0 saturated heterocycles. The average molecular weight is 218 g/mol. The molecule has 0 aliphatic heterocycles. The maximum Gasteiger partial charge on any atom is 0.142 e. The highest BCUT2D eigenvalue weighted by Gasteiger charge is 2.08. The summed E-state index contributed by atoms with van der Waals surface area (Å²) in [5.41, 5.74) is 0.978. The van der Waals surface area contributed by atoms with E-state index in [-0.39, 0.29) is 0 Å². The lowest BCUT2D eigenvalue weighted by molar-refractivity contribution is 0.607. The smallest absolute Gasteiger partial charge is 0.142 e. The van der Waals surface area contributed by atoms with E-state index in [9.17, 15) is 0 Å². The van der Waals surface area contributed by atoms with Gasteiger partial charge in [0, 0.05) is 10.8 Å². The molecule has 0 fully saturated rings. The Balaban J connectivity index is 2.38. The second-order valence-electron chi connectivity index (χ2n) is 4.29. The van der Waals surface area contributed by atoms with Crippen LogP contribution in [0.1, 0.15) is 0 Å². The van der Waals surface area contributed by atoms with E-state index in [1.165, 1.54) is 21.5 Å². The minimum Gasteiger partial charge on any atom is -0.464 e. The molecule has 1 aromatic heterocycles. The molecule has 0 aliphatic rings. The van der Waals surface area contributed by atoms with Crippen LogP contribution in [0.3, 0.4) is 0 Å². The van der Waals surface area contributed by atoms with Gasteiger partial charge in [0.2, 0.25) is 0 Å². The standard InChI is InChI=1S/C16H10O/c1-2-6-14-12(4-1)10-13-8-7-11-5-3-9-17-16(11)15(13)14/h1-10H. The fraction of sp³-hybridized carbons (Fsp3) is 0. The van der Waals surface area contributed by atoms with Crippen molar-refractivity contribution in [1.82, 2.24) is 0 Å². The minimum absolute atomic E-state index is 0.978. The Morgan fingerprint density at radius 3 is 2.53 bits per heavy atom. The van der Waals surface area contributed by atoms with Crippen LogP contribution in [0, 0.1) is 0 Å². The second kappa shape index (κ2) is 3.11. The number of rotatable bonds is 0. The van der Waals surface area contributed by atoms with E-state index < -0.39 is 0 Å². The van der Waals surface area contributed by atoms with E-state index in [1.54, 1.807) is 6.26 Å². The van der Waals surface area contributed by atoms with Crippen LogP contribution in [0.15, 0.2) is 65.3 Å². The van der Waals surface area contributed by atoms with Crippen molar-refractivity contribution in [3.8, 4) is 0 Å². The van der Waals surface area contributed by atoms with Gasteiger partial charge in [-0.1, -0.05) is 36.4 Å². The molecule has 1 heterocycles. The zero-order valence-corrected chi connectivity index (χ0v) is 9.18. The Kier molecular flexibility index (Phi) is 1.61. The SMILES string of the molecule is c1ccc2c(c1)cc1ccc3cccoc3c12. The van der Waals surface area contributed by atoms with Crippen molar-refractivity contribution in [3.05, 3.63) is 60.9 Å². The van der Waals surface area contributed by atoms with Crippen molar-refractivity contribution in [3.63, 3.8) is 0 Å². The zero-order chi connectivity index (χ0) is 11.2. The molecule has 0 aliphatic carbocycles. The van der Waals surface area contributed by atoms with Crippen molar-refractivity contribution in [2.24, 2.45) is 0 Å². The molecule has 3 aromatic carbocycles. The second-order valence-corrected chi connectivity index (χ2v) is 4.29. The third-order valence-electron chi connectivity index (χ3n) is 3.30. The van der Waals surface area contributed by atoms with Crippen molar-refractivity contribution in [2.75, 3.05) is 0 Å². The van der Waals surface area contributed by atoms with E-state index in [2.05, 4.69) is 48.5 Å². The van der Waals surface area contributed by atoms with Crippen LogP contribution in [-0.4, -0.2) is 0 Å². The lowest BCUT2D eigenvalue weighted by atomic mass is 10.1. The lowest BCUT2D eigenvalue weighted by Crippen LogP contribution is -1.73. The lowest BCUT2D eigenvalue weighted by Gasteiger charge is -1.99. The molecule has 17 heavy (non-hydrogen) atoms. The normalized spacial score (nSPS) is 11.5. The largest absolute Gasteiger partial charge is 0.464 e. The first-order valence-corrected chi connectivity index (χ1v) is 5.71. The van der Waals surface area contributed by atoms with Crippen molar-refractivity contribution < 1.29 is 4.42 Å². The maximum atomic E-state index is 5.69. The summed E-state index contributed by atoms with van der Waals surface area (Å²) in [6.07, 6.45) is 1.74. The van der Waals surface area contributed by atoms with E-state index >= 15 is 0 Å². The minimum atomic E-state index is 0.978. The zero-order valence-electron chi connectivity index (χ0n) is 9.18. The third-order valence-corrected chi connectivity index (χ3v) is 3.30. The summed E-state index contributed by atoms with van der Waals surface area (Å²) in [7, 11) is 0. The van der Waals surface area contributed by atoms with Gasteiger partial charge in [0.1, 0.15) is 5.58 Å². The molecule has 1 nitrogen and oxygen atoms in total. The van der Waals surface area contributed by atoms with Crippen molar-refractivity contribution >= 4 is 32.5 Å². The fourth-order valence-electron chi connectivity index (χ4n) is 2.54. The van der Waals surface area contributed by atoms with Crippen molar-refractivity contribution in [2.45, 2.75) is 0 Å². The van der Waals surface area contributed by atoms with Gasteiger partial charge in [-0.2, -0.15) is 0 Å². The summed E-state index contributed by atoms with van der Waals surface area (Å²) >= 11 is 0. The van der Waals surface area contributed by atoms with E-state index in [0.717, 1.165) is 11.0 Å². The van der Waals surface area contributed by atoms with Gasteiger partial charge in [-0.05, 0) is 34.4 Å².